The number of amides is 1. The van der Waals surface area contributed by atoms with E-state index in [1.165, 1.54) is 24.3 Å². The normalized spacial score (nSPS) is 12.0. The van der Waals surface area contributed by atoms with Gasteiger partial charge in [-0.1, -0.05) is 18.2 Å². The molecular formula is C15H19N2O8-. The molecule has 10 nitrogen and oxygen atoms in total. The maximum absolute atomic E-state index is 12.4. The molecule has 1 aromatic rings. The number of ether oxygens (including phenoxy) is 2. The minimum absolute atomic E-state index is 0.125. The zero-order chi connectivity index (χ0) is 19.2. The number of nitrogens with one attached hydrogen (secondary N) is 1. The Bertz CT molecular complexity index is 639. The molecule has 0 fully saturated rings. The van der Waals surface area contributed by atoms with E-state index in [-0.39, 0.29) is 11.3 Å². The van der Waals surface area contributed by atoms with Gasteiger partial charge in [0.25, 0.3) is 0 Å². The highest BCUT2D eigenvalue weighted by atomic mass is 16.8. The number of aliphatic carboxylic acids is 1. The Morgan fingerprint density at radius 2 is 1.88 bits per heavy atom. The molecule has 0 heterocycles. The van der Waals surface area contributed by atoms with E-state index >= 15 is 0 Å². The van der Waals surface area contributed by atoms with E-state index in [0.29, 0.717) is 0 Å². The number of carbonyl (C=O) groups is 3. The van der Waals surface area contributed by atoms with Gasteiger partial charge in [0.15, 0.2) is 0 Å². The molecule has 25 heavy (non-hydrogen) atoms. The standard InChI is InChI=1S/C15H19N2O8/c1-15(2,3)25-13(20)12(24-14(21)16-8-11(18)19)9-6-4-5-7-10(9)17(22)23/h4-7,12,22H,8H2,1-3H3,(H,16,21)(H,18,19)/q-1. The number of hydrogen-bond acceptors (Lipinski definition) is 8. The van der Waals surface area contributed by atoms with Crippen molar-refractivity contribution in [2.45, 2.75) is 32.5 Å². The summed E-state index contributed by atoms with van der Waals surface area (Å²) in [6, 6.07) is 5.38. The van der Waals surface area contributed by atoms with Crippen LogP contribution in [0.4, 0.5) is 10.5 Å². The van der Waals surface area contributed by atoms with Gasteiger partial charge in [-0.2, -0.15) is 0 Å². The predicted molar refractivity (Wildman–Crippen MR) is 84.8 cm³/mol. The van der Waals surface area contributed by atoms with E-state index in [9.17, 15) is 19.6 Å². The van der Waals surface area contributed by atoms with Crippen molar-refractivity contribution in [1.82, 2.24) is 5.32 Å². The molecule has 0 saturated carbocycles. The number of hydrogen-bond donors (Lipinski definition) is 3. The van der Waals surface area contributed by atoms with Crippen molar-refractivity contribution < 1.29 is 34.2 Å². The average Bonchev–Trinajstić information content (AvgIpc) is 2.48. The van der Waals surface area contributed by atoms with Gasteiger partial charge in [0.05, 0.1) is 5.69 Å². The molecule has 1 unspecified atom stereocenters. The molecule has 0 aliphatic rings. The van der Waals surface area contributed by atoms with Crippen LogP contribution in [-0.4, -0.2) is 40.5 Å². The molecule has 1 rings (SSSR count). The summed E-state index contributed by atoms with van der Waals surface area (Å²) in [7, 11) is 0. The van der Waals surface area contributed by atoms with Crippen LogP contribution in [0, 0.1) is 5.21 Å². The molecule has 1 atom stereocenters. The third-order valence-electron chi connectivity index (χ3n) is 2.66. The molecule has 1 amide bonds. The molecule has 10 heteroatoms. The minimum Gasteiger partial charge on any atom is -0.733 e. The number of para-hydroxylation sites is 1. The largest absolute Gasteiger partial charge is 0.733 e. The number of anilines is 1. The predicted octanol–water partition coefficient (Wildman–Crippen LogP) is 1.57. The number of carboxylic acid groups (broad SMARTS) is 1. The van der Waals surface area contributed by atoms with Gasteiger partial charge in [0, 0.05) is 5.56 Å². The second-order valence-corrected chi connectivity index (χ2v) is 5.90. The second kappa shape index (κ2) is 8.31. The highest BCUT2D eigenvalue weighted by Crippen LogP contribution is 2.30. The molecule has 0 aliphatic heterocycles. The number of carboxylic acids is 1. The van der Waals surface area contributed by atoms with Crippen molar-refractivity contribution >= 4 is 23.7 Å². The highest BCUT2D eigenvalue weighted by Gasteiger charge is 2.32. The first-order valence-electron chi connectivity index (χ1n) is 7.15. The fourth-order valence-corrected chi connectivity index (χ4v) is 1.77. The average molecular weight is 355 g/mol. The summed E-state index contributed by atoms with van der Waals surface area (Å²) in [4.78, 5) is 34.6. The zero-order valence-electron chi connectivity index (χ0n) is 13.9. The van der Waals surface area contributed by atoms with Gasteiger partial charge >= 0.3 is 18.0 Å². The number of rotatable bonds is 6. The van der Waals surface area contributed by atoms with Crippen molar-refractivity contribution in [2.24, 2.45) is 0 Å². The van der Waals surface area contributed by atoms with Gasteiger partial charge < -0.3 is 30.3 Å². The van der Waals surface area contributed by atoms with Crippen LogP contribution in [-0.2, 0) is 19.1 Å². The lowest BCUT2D eigenvalue weighted by molar-refractivity contribution is -0.165. The highest BCUT2D eigenvalue weighted by molar-refractivity contribution is 5.83. The fraction of sp³-hybridized carbons (Fsp3) is 0.400. The van der Waals surface area contributed by atoms with Crippen molar-refractivity contribution in [2.75, 3.05) is 11.8 Å². The lowest BCUT2D eigenvalue weighted by atomic mass is 10.1. The molecule has 1 aromatic carbocycles. The van der Waals surface area contributed by atoms with Gasteiger partial charge in [-0.15, -0.1) is 0 Å². The third kappa shape index (κ3) is 6.65. The molecule has 0 spiro atoms. The summed E-state index contributed by atoms with van der Waals surface area (Å²) in [6.07, 6.45) is -2.89. The van der Waals surface area contributed by atoms with E-state index in [0.717, 1.165) is 0 Å². The van der Waals surface area contributed by atoms with Crippen LogP contribution in [0.3, 0.4) is 0 Å². The number of esters is 1. The Morgan fingerprint density at radius 3 is 2.40 bits per heavy atom. The number of carbonyl (C=O) groups excluding carboxylic acids is 2. The van der Waals surface area contributed by atoms with Gasteiger partial charge in [-0.25, -0.2) is 9.59 Å². The molecular weight excluding hydrogens is 336 g/mol. The molecule has 0 saturated heterocycles. The Labute approximate surface area is 143 Å². The van der Waals surface area contributed by atoms with Crippen molar-refractivity contribution in [3.05, 3.63) is 35.0 Å². The SMILES string of the molecule is CC(C)(C)OC(=O)C(OC(=O)NCC(=O)O)c1ccccc1N([O-])O. The Kier molecular flexibility index (Phi) is 6.71. The summed E-state index contributed by atoms with van der Waals surface area (Å²) >= 11 is 0. The quantitative estimate of drug-likeness (QED) is 0.510. The Balaban J connectivity index is 3.13. The van der Waals surface area contributed by atoms with E-state index < -0.39 is 41.5 Å². The lowest BCUT2D eigenvalue weighted by Crippen LogP contribution is -2.35. The topological polar surface area (TPSA) is 148 Å². The van der Waals surface area contributed by atoms with Gasteiger partial charge in [0.1, 0.15) is 12.1 Å². The molecule has 3 N–H and O–H groups in total. The summed E-state index contributed by atoms with van der Waals surface area (Å²) in [5.41, 5.74) is -1.37. The molecule has 0 bridgehead atoms. The van der Waals surface area contributed by atoms with E-state index in [4.69, 9.17) is 19.8 Å². The maximum Gasteiger partial charge on any atom is 0.408 e. The molecule has 138 valence electrons. The van der Waals surface area contributed by atoms with Crippen LogP contribution in [0.5, 0.6) is 0 Å². The third-order valence-corrected chi connectivity index (χ3v) is 2.66. The summed E-state index contributed by atoms with van der Waals surface area (Å²) < 4.78 is 10.1. The summed E-state index contributed by atoms with van der Waals surface area (Å²) in [6.45, 7) is 4.04. The monoisotopic (exact) mass is 355 g/mol. The van der Waals surface area contributed by atoms with Crippen LogP contribution in [0.1, 0.15) is 32.4 Å². The van der Waals surface area contributed by atoms with Crippen LogP contribution >= 0.6 is 0 Å². The maximum atomic E-state index is 12.4. The summed E-state index contributed by atoms with van der Waals surface area (Å²) in [5, 5.41) is 30.4. The van der Waals surface area contributed by atoms with Crippen LogP contribution < -0.4 is 10.5 Å². The summed E-state index contributed by atoms with van der Waals surface area (Å²) in [5.74, 6) is -2.31. The Hall–Kier alpha value is -2.85. The smallest absolute Gasteiger partial charge is 0.408 e. The second-order valence-electron chi connectivity index (χ2n) is 5.90. The van der Waals surface area contributed by atoms with Crippen LogP contribution in [0.25, 0.3) is 0 Å². The number of nitrogens with zero attached hydrogens (tertiary/aromatic N) is 1. The first kappa shape index (κ1) is 20.2. The molecule has 0 aromatic heterocycles. The lowest BCUT2D eigenvalue weighted by Gasteiger charge is -2.29. The van der Waals surface area contributed by atoms with E-state index in [2.05, 4.69) is 0 Å². The number of alkyl carbamates (subject to hydrolysis) is 1. The number of benzene rings is 1. The zero-order valence-corrected chi connectivity index (χ0v) is 13.9. The van der Waals surface area contributed by atoms with Crippen LogP contribution in [0.15, 0.2) is 24.3 Å². The van der Waals surface area contributed by atoms with E-state index in [1.54, 1.807) is 20.8 Å². The fourth-order valence-electron chi connectivity index (χ4n) is 1.77. The van der Waals surface area contributed by atoms with Crippen molar-refractivity contribution in [1.29, 1.82) is 0 Å². The molecule has 0 radical (unpaired) electrons. The minimum atomic E-state index is -1.69. The first-order valence-corrected chi connectivity index (χ1v) is 7.15. The van der Waals surface area contributed by atoms with Crippen molar-refractivity contribution in [3.8, 4) is 0 Å². The van der Waals surface area contributed by atoms with E-state index in [1.807, 2.05) is 5.32 Å². The Morgan fingerprint density at radius 1 is 1.28 bits per heavy atom. The van der Waals surface area contributed by atoms with Gasteiger partial charge in [-0.05, 0) is 26.8 Å². The van der Waals surface area contributed by atoms with Gasteiger partial charge in [-0.3, -0.25) is 10.0 Å². The first-order chi connectivity index (χ1) is 11.5. The molecule has 0 aliphatic carbocycles. The van der Waals surface area contributed by atoms with Crippen molar-refractivity contribution in [3.63, 3.8) is 0 Å². The van der Waals surface area contributed by atoms with Gasteiger partial charge in [0.2, 0.25) is 6.10 Å². The van der Waals surface area contributed by atoms with Crippen LogP contribution in [0.2, 0.25) is 0 Å².